The lowest BCUT2D eigenvalue weighted by Gasteiger charge is -2.11. The van der Waals surface area contributed by atoms with Gasteiger partial charge in [-0.2, -0.15) is 4.98 Å². The third-order valence-electron chi connectivity index (χ3n) is 2.96. The third kappa shape index (κ3) is 6.05. The first-order valence-corrected chi connectivity index (χ1v) is 7.01. The summed E-state index contributed by atoms with van der Waals surface area (Å²) in [6, 6.07) is 5.79. The van der Waals surface area contributed by atoms with Crippen LogP contribution in [0.3, 0.4) is 0 Å². The van der Waals surface area contributed by atoms with Crippen molar-refractivity contribution in [1.82, 2.24) is 15.5 Å². The molecule has 0 amide bonds. The summed E-state index contributed by atoms with van der Waals surface area (Å²) in [4.78, 5) is 4.09. The summed E-state index contributed by atoms with van der Waals surface area (Å²) in [5, 5.41) is 7.00. The molecule has 0 atom stereocenters. The molecule has 23 heavy (non-hydrogen) atoms. The van der Waals surface area contributed by atoms with Crippen LogP contribution in [0, 0.1) is 6.92 Å². The van der Waals surface area contributed by atoms with E-state index in [0.717, 1.165) is 18.7 Å². The highest BCUT2D eigenvalue weighted by molar-refractivity contribution is 5.85. The molecule has 1 aromatic carbocycles. The zero-order chi connectivity index (χ0) is 15.8. The highest BCUT2D eigenvalue weighted by atomic mass is 35.5. The number of methoxy groups -OCH3 is 2. The fraction of sp³-hybridized carbons (Fsp3) is 0.467. The molecule has 1 aromatic heterocycles. The predicted molar refractivity (Wildman–Crippen MR) is 87.2 cm³/mol. The molecule has 0 spiro atoms. The van der Waals surface area contributed by atoms with Gasteiger partial charge in [0.2, 0.25) is 0 Å². The minimum Gasteiger partial charge on any atom is -0.493 e. The average Bonchev–Trinajstić information content (AvgIpc) is 2.95. The first-order valence-electron chi connectivity index (χ1n) is 7.01. The van der Waals surface area contributed by atoms with E-state index in [0.29, 0.717) is 29.8 Å². The van der Waals surface area contributed by atoms with Gasteiger partial charge in [-0.15, -0.1) is 12.4 Å². The van der Waals surface area contributed by atoms with E-state index in [4.69, 9.17) is 18.7 Å². The van der Waals surface area contributed by atoms with Gasteiger partial charge in [-0.05, 0) is 24.6 Å². The molecule has 0 saturated heterocycles. The second-order valence-corrected chi connectivity index (χ2v) is 4.68. The van der Waals surface area contributed by atoms with Crippen LogP contribution in [0.5, 0.6) is 11.5 Å². The first-order chi connectivity index (χ1) is 10.7. The maximum Gasteiger partial charge on any atom is 0.264 e. The molecule has 0 radical (unpaired) electrons. The van der Waals surface area contributed by atoms with E-state index in [1.54, 1.807) is 21.1 Å². The van der Waals surface area contributed by atoms with Crippen molar-refractivity contribution >= 4 is 12.4 Å². The Kier molecular flexibility index (Phi) is 8.39. The monoisotopic (exact) mass is 343 g/mol. The minimum atomic E-state index is 0. The Balaban J connectivity index is 0.00000264. The number of hydrogen-bond acceptors (Lipinski definition) is 7. The van der Waals surface area contributed by atoms with Crippen molar-refractivity contribution in [2.24, 2.45) is 0 Å². The molecule has 8 heteroatoms. The quantitative estimate of drug-likeness (QED) is 0.698. The Morgan fingerprint density at radius 2 is 2.04 bits per heavy atom. The van der Waals surface area contributed by atoms with Crippen molar-refractivity contribution in [2.45, 2.75) is 20.1 Å². The molecular formula is C15H22ClN3O4. The van der Waals surface area contributed by atoms with Crippen molar-refractivity contribution in [3.63, 3.8) is 0 Å². The van der Waals surface area contributed by atoms with Gasteiger partial charge in [0.25, 0.3) is 5.89 Å². The summed E-state index contributed by atoms with van der Waals surface area (Å²) in [6.07, 6.45) is 0. The van der Waals surface area contributed by atoms with Crippen molar-refractivity contribution in [2.75, 3.05) is 27.4 Å². The second-order valence-electron chi connectivity index (χ2n) is 4.68. The maximum atomic E-state index is 5.66. The molecule has 1 heterocycles. The van der Waals surface area contributed by atoms with Crippen molar-refractivity contribution < 1.29 is 18.7 Å². The number of rotatable bonds is 9. The molecule has 0 aliphatic heterocycles. The van der Waals surface area contributed by atoms with Gasteiger partial charge in [-0.25, -0.2) is 0 Å². The summed E-state index contributed by atoms with van der Waals surface area (Å²) in [6.45, 7) is 4.19. The van der Waals surface area contributed by atoms with Gasteiger partial charge >= 0.3 is 0 Å². The summed E-state index contributed by atoms with van der Waals surface area (Å²) >= 11 is 0. The fourth-order valence-electron chi connectivity index (χ4n) is 1.89. The molecule has 0 bridgehead atoms. The lowest BCUT2D eigenvalue weighted by atomic mass is 10.2. The Morgan fingerprint density at radius 3 is 2.70 bits per heavy atom. The number of ether oxygens (including phenoxy) is 3. The van der Waals surface area contributed by atoms with Gasteiger partial charge in [0.15, 0.2) is 23.9 Å². The first kappa shape index (κ1) is 19.2. The topological polar surface area (TPSA) is 78.6 Å². The minimum absolute atomic E-state index is 0. The SMILES string of the molecule is COCCNCc1ccc(OCc2nc(C)no2)c(OC)c1.Cl. The number of hydrogen-bond donors (Lipinski definition) is 1. The molecule has 0 saturated carbocycles. The Hall–Kier alpha value is -1.83. The van der Waals surface area contributed by atoms with E-state index in [1.807, 2.05) is 18.2 Å². The molecule has 0 aliphatic carbocycles. The Labute approximate surface area is 141 Å². The van der Waals surface area contributed by atoms with E-state index < -0.39 is 0 Å². The fourth-order valence-corrected chi connectivity index (χ4v) is 1.89. The molecule has 1 N–H and O–H groups in total. The third-order valence-corrected chi connectivity index (χ3v) is 2.96. The van der Waals surface area contributed by atoms with Gasteiger partial charge in [0.05, 0.1) is 13.7 Å². The van der Waals surface area contributed by atoms with Gasteiger partial charge in [0, 0.05) is 20.2 Å². The number of halogens is 1. The maximum absolute atomic E-state index is 5.66. The highest BCUT2D eigenvalue weighted by Gasteiger charge is 2.09. The van der Waals surface area contributed by atoms with Gasteiger partial charge in [-0.3, -0.25) is 0 Å². The van der Waals surface area contributed by atoms with Gasteiger partial charge in [-0.1, -0.05) is 11.2 Å². The normalized spacial score (nSPS) is 10.2. The number of nitrogens with one attached hydrogen (secondary N) is 1. The van der Waals surface area contributed by atoms with E-state index in [2.05, 4.69) is 15.5 Å². The van der Waals surface area contributed by atoms with Crippen LogP contribution in [0.15, 0.2) is 22.7 Å². The van der Waals surface area contributed by atoms with E-state index in [9.17, 15) is 0 Å². The summed E-state index contributed by atoms with van der Waals surface area (Å²) < 4.78 is 21.0. The summed E-state index contributed by atoms with van der Waals surface area (Å²) in [5.41, 5.74) is 1.11. The standard InChI is InChI=1S/C15H21N3O4.ClH/c1-11-17-15(22-18-11)10-21-13-5-4-12(8-14(13)20-3)9-16-6-7-19-2;/h4-5,8,16H,6-7,9-10H2,1-3H3;1H. The molecule has 2 rings (SSSR count). The van der Waals surface area contributed by atoms with Crippen LogP contribution < -0.4 is 14.8 Å². The van der Waals surface area contributed by atoms with Crippen LogP contribution in [0.25, 0.3) is 0 Å². The van der Waals surface area contributed by atoms with E-state index >= 15 is 0 Å². The van der Waals surface area contributed by atoms with Crippen molar-refractivity contribution in [3.05, 3.63) is 35.5 Å². The number of aryl methyl sites for hydroxylation is 1. The van der Waals surface area contributed by atoms with Crippen molar-refractivity contribution in [3.8, 4) is 11.5 Å². The van der Waals surface area contributed by atoms with Crippen LogP contribution in [0.2, 0.25) is 0 Å². The molecular weight excluding hydrogens is 322 g/mol. The largest absolute Gasteiger partial charge is 0.493 e. The van der Waals surface area contributed by atoms with E-state index in [1.165, 1.54) is 0 Å². The smallest absolute Gasteiger partial charge is 0.264 e. The Bertz CT molecular complexity index is 592. The number of benzene rings is 1. The van der Waals surface area contributed by atoms with Crippen LogP contribution in [-0.4, -0.2) is 37.5 Å². The number of nitrogens with zero attached hydrogens (tertiary/aromatic N) is 2. The lowest BCUT2D eigenvalue weighted by Crippen LogP contribution is -2.18. The van der Waals surface area contributed by atoms with Gasteiger partial charge < -0.3 is 24.1 Å². The molecule has 128 valence electrons. The zero-order valence-electron chi connectivity index (χ0n) is 13.5. The molecule has 2 aromatic rings. The lowest BCUT2D eigenvalue weighted by molar-refractivity contribution is 0.199. The average molecular weight is 344 g/mol. The summed E-state index contributed by atoms with van der Waals surface area (Å²) in [7, 11) is 3.29. The number of aromatic nitrogens is 2. The zero-order valence-corrected chi connectivity index (χ0v) is 14.3. The van der Waals surface area contributed by atoms with Crippen LogP contribution in [0.1, 0.15) is 17.3 Å². The van der Waals surface area contributed by atoms with Crippen LogP contribution >= 0.6 is 12.4 Å². The second kappa shape index (κ2) is 10.0. The van der Waals surface area contributed by atoms with Crippen LogP contribution in [0.4, 0.5) is 0 Å². The summed E-state index contributed by atoms with van der Waals surface area (Å²) in [5.74, 6) is 2.33. The van der Waals surface area contributed by atoms with E-state index in [-0.39, 0.29) is 19.0 Å². The molecule has 0 fully saturated rings. The molecule has 7 nitrogen and oxygen atoms in total. The molecule has 0 aliphatic rings. The Morgan fingerprint density at radius 1 is 1.22 bits per heavy atom. The van der Waals surface area contributed by atoms with Gasteiger partial charge in [0.1, 0.15) is 0 Å². The highest BCUT2D eigenvalue weighted by Crippen LogP contribution is 2.28. The van der Waals surface area contributed by atoms with Crippen molar-refractivity contribution in [1.29, 1.82) is 0 Å². The molecule has 0 unspecified atom stereocenters. The van der Waals surface area contributed by atoms with Crippen LogP contribution in [-0.2, 0) is 17.9 Å². The predicted octanol–water partition coefficient (Wildman–Crippen LogP) is 2.12.